The van der Waals surface area contributed by atoms with Crippen LogP contribution < -0.4 is 4.90 Å². The molecule has 0 radical (unpaired) electrons. The topological polar surface area (TPSA) is 3.24 Å². The van der Waals surface area contributed by atoms with Crippen molar-refractivity contribution in [2.75, 3.05) is 4.90 Å². The monoisotopic (exact) mass is 749 g/mol. The molecule has 11 aromatic rings. The third kappa shape index (κ3) is 6.30. The first-order chi connectivity index (χ1) is 29.2. The van der Waals surface area contributed by atoms with Gasteiger partial charge in [-0.05, 0) is 136 Å². The van der Waals surface area contributed by atoms with Crippen LogP contribution in [-0.4, -0.2) is 0 Å². The summed E-state index contributed by atoms with van der Waals surface area (Å²) in [7, 11) is 0. The van der Waals surface area contributed by atoms with Crippen LogP contribution in [0.3, 0.4) is 0 Å². The predicted octanol–water partition coefficient (Wildman–Crippen LogP) is 16.4. The molecule has 0 saturated heterocycles. The highest BCUT2D eigenvalue weighted by molar-refractivity contribution is 6.15. The Morgan fingerprint density at radius 2 is 0.492 bits per heavy atom. The van der Waals surface area contributed by atoms with Crippen LogP contribution in [0.15, 0.2) is 237 Å². The number of anilines is 3. The summed E-state index contributed by atoms with van der Waals surface area (Å²) in [6.45, 7) is 0. The van der Waals surface area contributed by atoms with Crippen molar-refractivity contribution >= 4 is 60.2 Å². The van der Waals surface area contributed by atoms with Crippen molar-refractivity contribution in [2.24, 2.45) is 0 Å². The molecule has 0 N–H and O–H groups in total. The number of hydrogen-bond acceptors (Lipinski definition) is 1. The van der Waals surface area contributed by atoms with Crippen LogP contribution >= 0.6 is 0 Å². The van der Waals surface area contributed by atoms with Gasteiger partial charge in [0.15, 0.2) is 0 Å². The van der Waals surface area contributed by atoms with Crippen molar-refractivity contribution in [3.63, 3.8) is 0 Å². The molecule has 0 aromatic heterocycles. The van der Waals surface area contributed by atoms with Gasteiger partial charge in [0, 0.05) is 17.1 Å². The Morgan fingerprint density at radius 3 is 0.915 bits per heavy atom. The molecule has 11 rings (SSSR count). The molecule has 0 unspecified atom stereocenters. The Morgan fingerprint density at radius 1 is 0.203 bits per heavy atom. The van der Waals surface area contributed by atoms with Gasteiger partial charge in [-0.15, -0.1) is 0 Å². The van der Waals surface area contributed by atoms with Gasteiger partial charge in [0.25, 0.3) is 0 Å². The maximum Gasteiger partial charge on any atom is 0.0462 e. The van der Waals surface area contributed by atoms with Gasteiger partial charge in [0.1, 0.15) is 0 Å². The lowest BCUT2D eigenvalue weighted by Crippen LogP contribution is -2.09. The largest absolute Gasteiger partial charge is 0.311 e. The van der Waals surface area contributed by atoms with Crippen molar-refractivity contribution in [1.29, 1.82) is 0 Å². The SMILES string of the molecule is c1ccc(-c2ccc(N(c3ccc(-c4ccc(-c5cc6ccccc6c6ccccc56)cc4)cc3)c3ccc(-c4cc5ccccc5c5ccccc45)cc3)cc2)cc1. The van der Waals surface area contributed by atoms with E-state index in [1.54, 1.807) is 0 Å². The summed E-state index contributed by atoms with van der Waals surface area (Å²) in [5, 5.41) is 10.2. The van der Waals surface area contributed by atoms with Crippen molar-refractivity contribution < 1.29 is 0 Å². The molecule has 0 atom stereocenters. The lowest BCUT2D eigenvalue weighted by molar-refractivity contribution is 1.28. The van der Waals surface area contributed by atoms with E-state index in [2.05, 4.69) is 241 Å². The summed E-state index contributed by atoms with van der Waals surface area (Å²) < 4.78 is 0. The molecule has 1 heteroatoms. The van der Waals surface area contributed by atoms with E-state index >= 15 is 0 Å². The number of nitrogens with zero attached hydrogens (tertiary/aromatic N) is 1. The van der Waals surface area contributed by atoms with Crippen molar-refractivity contribution in [3.05, 3.63) is 237 Å². The summed E-state index contributed by atoms with van der Waals surface area (Å²) in [4.78, 5) is 2.36. The summed E-state index contributed by atoms with van der Waals surface area (Å²) in [5.74, 6) is 0. The number of rotatable bonds is 7. The molecule has 0 aliphatic rings. The van der Waals surface area contributed by atoms with Crippen LogP contribution in [0, 0.1) is 0 Å². The maximum atomic E-state index is 2.36. The minimum absolute atomic E-state index is 1.10. The predicted molar refractivity (Wildman–Crippen MR) is 253 cm³/mol. The summed E-state index contributed by atoms with van der Waals surface area (Å²) in [6, 6.07) is 86.1. The van der Waals surface area contributed by atoms with Gasteiger partial charge in [-0.1, -0.05) is 188 Å². The summed E-state index contributed by atoms with van der Waals surface area (Å²) >= 11 is 0. The van der Waals surface area contributed by atoms with Gasteiger partial charge in [-0.25, -0.2) is 0 Å². The van der Waals surface area contributed by atoms with Crippen LogP contribution in [0.1, 0.15) is 0 Å². The zero-order valence-electron chi connectivity index (χ0n) is 32.5. The van der Waals surface area contributed by atoms with Gasteiger partial charge in [0.05, 0.1) is 0 Å². The fraction of sp³-hybridized carbons (Fsp3) is 0. The first-order valence-electron chi connectivity index (χ1n) is 20.3. The normalized spacial score (nSPS) is 11.4. The molecule has 0 aliphatic heterocycles. The van der Waals surface area contributed by atoms with E-state index in [9.17, 15) is 0 Å². The van der Waals surface area contributed by atoms with Gasteiger partial charge in [0.2, 0.25) is 0 Å². The zero-order chi connectivity index (χ0) is 39.1. The Balaban J connectivity index is 0.950. The van der Waals surface area contributed by atoms with Gasteiger partial charge in [-0.2, -0.15) is 0 Å². The van der Waals surface area contributed by atoms with Crippen LogP contribution in [0.2, 0.25) is 0 Å². The fourth-order valence-corrected chi connectivity index (χ4v) is 8.90. The second kappa shape index (κ2) is 14.6. The van der Waals surface area contributed by atoms with Crippen LogP contribution in [0.25, 0.3) is 87.6 Å². The molecule has 0 fully saturated rings. The standard InChI is InChI=1S/C58H39N/c1-2-12-40(13-3-1)42-26-32-48(33-27-42)59(50-36-30-45(31-37-50)58-39-47-15-5-7-17-52(47)54-19-9-11-21-56(54)58)49-34-28-43(29-35-49)41-22-24-44(25-23-41)57-38-46-14-4-6-16-51(46)53-18-8-10-20-55(53)57/h1-39H. The first-order valence-corrected chi connectivity index (χ1v) is 20.3. The third-order valence-electron chi connectivity index (χ3n) is 11.9. The molecular weight excluding hydrogens is 711 g/mol. The quantitative estimate of drug-likeness (QED) is 0.147. The minimum atomic E-state index is 1.10. The van der Waals surface area contributed by atoms with Crippen molar-refractivity contribution in [1.82, 2.24) is 0 Å². The highest BCUT2D eigenvalue weighted by Gasteiger charge is 2.16. The second-order valence-corrected chi connectivity index (χ2v) is 15.3. The average Bonchev–Trinajstić information content (AvgIpc) is 3.32. The smallest absolute Gasteiger partial charge is 0.0462 e. The van der Waals surface area contributed by atoms with E-state index in [0.717, 1.165) is 17.1 Å². The minimum Gasteiger partial charge on any atom is -0.311 e. The molecule has 59 heavy (non-hydrogen) atoms. The number of hydrogen-bond donors (Lipinski definition) is 0. The molecule has 276 valence electrons. The number of benzene rings is 11. The Labute approximate surface area is 344 Å². The zero-order valence-corrected chi connectivity index (χ0v) is 32.5. The molecule has 0 heterocycles. The lowest BCUT2D eigenvalue weighted by Gasteiger charge is -2.26. The highest BCUT2D eigenvalue weighted by atomic mass is 15.1. The summed E-state index contributed by atoms with van der Waals surface area (Å²) in [5.41, 5.74) is 13.0. The lowest BCUT2D eigenvalue weighted by atomic mass is 9.92. The molecule has 0 saturated carbocycles. The molecular formula is C58H39N. The fourth-order valence-electron chi connectivity index (χ4n) is 8.90. The molecule has 0 amide bonds. The Bertz CT molecular complexity index is 3270. The van der Waals surface area contributed by atoms with E-state index in [4.69, 9.17) is 0 Å². The number of fused-ring (bicyclic) bond motifs is 6. The maximum absolute atomic E-state index is 2.36. The van der Waals surface area contributed by atoms with Crippen molar-refractivity contribution in [3.8, 4) is 44.5 Å². The van der Waals surface area contributed by atoms with Crippen LogP contribution in [-0.2, 0) is 0 Å². The first kappa shape index (κ1) is 34.5. The summed E-state index contributed by atoms with van der Waals surface area (Å²) in [6.07, 6.45) is 0. The molecule has 1 nitrogen and oxygen atoms in total. The third-order valence-corrected chi connectivity index (χ3v) is 11.9. The van der Waals surface area contributed by atoms with Gasteiger partial charge < -0.3 is 4.90 Å². The Hall–Kier alpha value is -7.74. The van der Waals surface area contributed by atoms with E-state index in [1.165, 1.54) is 87.6 Å². The van der Waals surface area contributed by atoms with E-state index < -0.39 is 0 Å². The van der Waals surface area contributed by atoms with E-state index in [-0.39, 0.29) is 0 Å². The van der Waals surface area contributed by atoms with Gasteiger partial charge >= 0.3 is 0 Å². The average molecular weight is 750 g/mol. The molecule has 11 aromatic carbocycles. The highest BCUT2D eigenvalue weighted by Crippen LogP contribution is 2.41. The van der Waals surface area contributed by atoms with E-state index in [0.29, 0.717) is 0 Å². The Kier molecular flexibility index (Phi) is 8.56. The van der Waals surface area contributed by atoms with Gasteiger partial charge in [-0.3, -0.25) is 0 Å². The molecule has 0 bridgehead atoms. The van der Waals surface area contributed by atoms with E-state index in [1.807, 2.05) is 0 Å². The second-order valence-electron chi connectivity index (χ2n) is 15.3. The molecule has 0 aliphatic carbocycles. The molecule has 0 spiro atoms. The van der Waals surface area contributed by atoms with Crippen molar-refractivity contribution in [2.45, 2.75) is 0 Å². The van der Waals surface area contributed by atoms with Crippen LogP contribution in [0.4, 0.5) is 17.1 Å². The van der Waals surface area contributed by atoms with Crippen LogP contribution in [0.5, 0.6) is 0 Å².